The molecule has 2 nitrogen and oxygen atoms in total. The van der Waals surface area contributed by atoms with E-state index in [4.69, 9.17) is 0 Å². The number of hydrogen-bond donors (Lipinski definition) is 1. The zero-order chi connectivity index (χ0) is 9.52. The molecule has 0 aliphatic carbocycles. The minimum Gasteiger partial charge on any atom is -0.352 e. The van der Waals surface area contributed by atoms with Gasteiger partial charge in [0.1, 0.15) is 0 Å². The number of unbranched alkanes of at least 4 members (excludes halogenated alkanes) is 2. The molecule has 0 aromatic carbocycles. The number of allylic oxidation sites excluding steroid dienone is 1. The Bertz CT molecular complexity index is 201. The highest BCUT2D eigenvalue weighted by molar-refractivity contribution is 14.1. The van der Waals surface area contributed by atoms with Crippen LogP contribution in [0.15, 0.2) is 11.6 Å². The van der Waals surface area contributed by atoms with Gasteiger partial charge in [-0.05, 0) is 36.5 Å². The van der Waals surface area contributed by atoms with Crippen LogP contribution in [-0.2, 0) is 4.79 Å². The van der Waals surface area contributed by atoms with Crippen molar-refractivity contribution in [2.24, 2.45) is 0 Å². The molecule has 1 amide bonds. The molecule has 0 aromatic rings. The van der Waals surface area contributed by atoms with Crippen molar-refractivity contribution in [3.05, 3.63) is 11.6 Å². The molecule has 1 heterocycles. The molecule has 0 aromatic heterocycles. The smallest absolute Gasteiger partial charge is 0.246 e. The molecule has 1 saturated heterocycles. The van der Waals surface area contributed by atoms with E-state index in [0.717, 1.165) is 31.4 Å². The van der Waals surface area contributed by atoms with Crippen LogP contribution in [0.4, 0.5) is 0 Å². The summed E-state index contributed by atoms with van der Waals surface area (Å²) in [5.41, 5.74) is 1.000. The van der Waals surface area contributed by atoms with Crippen LogP contribution < -0.4 is 5.32 Å². The fraction of sp³-hybridized carbons (Fsp3) is 0.700. The molecule has 0 spiro atoms. The van der Waals surface area contributed by atoms with Crippen molar-refractivity contribution in [2.75, 3.05) is 11.0 Å². The SMILES string of the molecule is O=C1NCCCC1=CCCCCI. The molecule has 0 radical (unpaired) electrons. The summed E-state index contributed by atoms with van der Waals surface area (Å²) in [5, 5.41) is 2.86. The van der Waals surface area contributed by atoms with Crippen molar-refractivity contribution in [1.82, 2.24) is 5.32 Å². The number of hydrogen-bond acceptors (Lipinski definition) is 1. The van der Waals surface area contributed by atoms with Gasteiger partial charge in [-0.1, -0.05) is 28.7 Å². The third-order valence-electron chi connectivity index (χ3n) is 2.18. The van der Waals surface area contributed by atoms with E-state index < -0.39 is 0 Å². The highest BCUT2D eigenvalue weighted by atomic mass is 127. The van der Waals surface area contributed by atoms with Gasteiger partial charge in [0.2, 0.25) is 5.91 Å². The van der Waals surface area contributed by atoms with Crippen LogP contribution in [0.2, 0.25) is 0 Å². The fourth-order valence-electron chi connectivity index (χ4n) is 1.42. The van der Waals surface area contributed by atoms with Gasteiger partial charge in [0.05, 0.1) is 0 Å². The van der Waals surface area contributed by atoms with Gasteiger partial charge in [0.25, 0.3) is 0 Å². The summed E-state index contributed by atoms with van der Waals surface area (Å²) in [5.74, 6) is 0.153. The molecule has 1 aliphatic heterocycles. The molecule has 1 N–H and O–H groups in total. The monoisotopic (exact) mass is 293 g/mol. The van der Waals surface area contributed by atoms with Gasteiger partial charge in [-0.3, -0.25) is 4.79 Å². The maximum Gasteiger partial charge on any atom is 0.246 e. The molecule has 0 bridgehead atoms. The van der Waals surface area contributed by atoms with E-state index in [2.05, 4.69) is 34.0 Å². The highest BCUT2D eigenvalue weighted by Crippen LogP contribution is 2.12. The quantitative estimate of drug-likeness (QED) is 0.367. The second kappa shape index (κ2) is 6.40. The fourth-order valence-corrected chi connectivity index (χ4v) is 1.96. The second-order valence-corrected chi connectivity index (χ2v) is 4.35. The van der Waals surface area contributed by atoms with Crippen LogP contribution in [0, 0.1) is 0 Å². The van der Waals surface area contributed by atoms with E-state index in [0.29, 0.717) is 0 Å². The van der Waals surface area contributed by atoms with Crippen LogP contribution in [-0.4, -0.2) is 16.9 Å². The second-order valence-electron chi connectivity index (χ2n) is 3.27. The summed E-state index contributed by atoms with van der Waals surface area (Å²) in [6, 6.07) is 0. The van der Waals surface area contributed by atoms with Gasteiger partial charge in [-0.2, -0.15) is 0 Å². The predicted octanol–water partition coefficient (Wildman–Crippen LogP) is 2.43. The lowest BCUT2D eigenvalue weighted by molar-refractivity contribution is -0.118. The number of halogens is 1. The molecule has 0 atom stereocenters. The lowest BCUT2D eigenvalue weighted by atomic mass is 10.0. The summed E-state index contributed by atoms with van der Waals surface area (Å²) >= 11 is 2.39. The maximum atomic E-state index is 11.3. The molecular weight excluding hydrogens is 277 g/mol. The first-order valence-electron chi connectivity index (χ1n) is 4.88. The lowest BCUT2D eigenvalue weighted by Gasteiger charge is -2.14. The maximum absolute atomic E-state index is 11.3. The van der Waals surface area contributed by atoms with E-state index in [-0.39, 0.29) is 5.91 Å². The van der Waals surface area contributed by atoms with Gasteiger partial charge in [0, 0.05) is 12.1 Å². The van der Waals surface area contributed by atoms with Crippen LogP contribution in [0.5, 0.6) is 0 Å². The molecule has 74 valence electrons. The Balaban J connectivity index is 2.27. The molecule has 0 unspecified atom stereocenters. The first-order valence-corrected chi connectivity index (χ1v) is 6.40. The number of nitrogens with one attached hydrogen (secondary N) is 1. The van der Waals surface area contributed by atoms with Gasteiger partial charge < -0.3 is 5.32 Å². The van der Waals surface area contributed by atoms with Crippen molar-refractivity contribution < 1.29 is 4.79 Å². The molecule has 3 heteroatoms. The summed E-state index contributed by atoms with van der Waals surface area (Å²) in [4.78, 5) is 11.3. The average molecular weight is 293 g/mol. The third-order valence-corrected chi connectivity index (χ3v) is 2.94. The normalized spacial score (nSPS) is 20.4. The first-order chi connectivity index (χ1) is 6.34. The Kier molecular flexibility index (Phi) is 5.43. The number of rotatable bonds is 4. The van der Waals surface area contributed by atoms with Crippen LogP contribution in [0.3, 0.4) is 0 Å². The van der Waals surface area contributed by atoms with Gasteiger partial charge in [0.15, 0.2) is 0 Å². The number of alkyl halides is 1. The van der Waals surface area contributed by atoms with Crippen LogP contribution in [0.25, 0.3) is 0 Å². The number of piperidine rings is 1. The average Bonchev–Trinajstić information content (AvgIpc) is 2.15. The molecular formula is C10H16INO. The molecule has 1 aliphatic rings. The summed E-state index contributed by atoms with van der Waals surface area (Å²) in [7, 11) is 0. The van der Waals surface area contributed by atoms with E-state index in [1.807, 2.05) is 0 Å². The molecule has 1 rings (SSSR count). The topological polar surface area (TPSA) is 29.1 Å². The standard InChI is InChI=1S/C10H16INO/c11-7-3-1-2-5-9-6-4-8-12-10(9)13/h5H,1-4,6-8H2,(H,12,13). The summed E-state index contributed by atoms with van der Waals surface area (Å²) in [6.45, 7) is 0.851. The van der Waals surface area contributed by atoms with Crippen molar-refractivity contribution in [1.29, 1.82) is 0 Å². The van der Waals surface area contributed by atoms with Crippen molar-refractivity contribution in [3.63, 3.8) is 0 Å². The first kappa shape index (κ1) is 11.0. The van der Waals surface area contributed by atoms with Crippen LogP contribution >= 0.6 is 22.6 Å². The highest BCUT2D eigenvalue weighted by Gasteiger charge is 2.12. The third kappa shape index (κ3) is 4.11. The number of carbonyl (C=O) groups excluding carboxylic acids is 1. The largest absolute Gasteiger partial charge is 0.352 e. The minimum absolute atomic E-state index is 0.153. The molecule has 13 heavy (non-hydrogen) atoms. The zero-order valence-corrected chi connectivity index (χ0v) is 9.97. The Morgan fingerprint density at radius 1 is 1.46 bits per heavy atom. The van der Waals surface area contributed by atoms with Crippen LogP contribution in [0.1, 0.15) is 32.1 Å². The Labute approximate surface area is 93.3 Å². The Hall–Kier alpha value is -0.0600. The Morgan fingerprint density at radius 3 is 3.00 bits per heavy atom. The van der Waals surface area contributed by atoms with Crippen molar-refractivity contribution in [2.45, 2.75) is 32.1 Å². The summed E-state index contributed by atoms with van der Waals surface area (Å²) in [6.07, 6.45) is 7.71. The summed E-state index contributed by atoms with van der Waals surface area (Å²) < 4.78 is 1.22. The predicted molar refractivity (Wildman–Crippen MR) is 63.1 cm³/mol. The van der Waals surface area contributed by atoms with E-state index >= 15 is 0 Å². The Morgan fingerprint density at radius 2 is 2.31 bits per heavy atom. The van der Waals surface area contributed by atoms with E-state index in [1.54, 1.807) is 0 Å². The van der Waals surface area contributed by atoms with Gasteiger partial charge in [-0.25, -0.2) is 0 Å². The van der Waals surface area contributed by atoms with Gasteiger partial charge >= 0.3 is 0 Å². The number of amides is 1. The minimum atomic E-state index is 0.153. The van der Waals surface area contributed by atoms with Gasteiger partial charge in [-0.15, -0.1) is 0 Å². The molecule has 1 fully saturated rings. The lowest BCUT2D eigenvalue weighted by Crippen LogP contribution is -2.30. The van der Waals surface area contributed by atoms with Crippen molar-refractivity contribution >= 4 is 28.5 Å². The number of carbonyl (C=O) groups is 1. The van der Waals surface area contributed by atoms with Crippen molar-refractivity contribution in [3.8, 4) is 0 Å². The zero-order valence-electron chi connectivity index (χ0n) is 7.81. The van der Waals surface area contributed by atoms with E-state index in [1.165, 1.54) is 17.3 Å². The molecule has 0 saturated carbocycles. The van der Waals surface area contributed by atoms with E-state index in [9.17, 15) is 4.79 Å².